The molecule has 0 saturated carbocycles. The number of H-pyrrole nitrogens is 1. The zero-order valence-electron chi connectivity index (χ0n) is 15.3. The van der Waals surface area contributed by atoms with E-state index < -0.39 is 11.6 Å². The van der Waals surface area contributed by atoms with Gasteiger partial charge in [-0.2, -0.15) is 5.10 Å². The molecule has 2 aliphatic heterocycles. The van der Waals surface area contributed by atoms with E-state index in [0.717, 1.165) is 17.3 Å². The van der Waals surface area contributed by atoms with Gasteiger partial charge in [-0.1, -0.05) is 0 Å². The molecule has 144 valence electrons. The van der Waals surface area contributed by atoms with E-state index in [1.54, 1.807) is 4.90 Å². The van der Waals surface area contributed by atoms with Crippen LogP contribution in [0.5, 0.6) is 0 Å². The molecule has 6 nitrogen and oxygen atoms in total. The number of anilines is 1. The summed E-state index contributed by atoms with van der Waals surface area (Å²) in [6, 6.07) is 3.57. The van der Waals surface area contributed by atoms with Crippen LogP contribution < -0.4 is 4.90 Å². The Morgan fingerprint density at radius 2 is 1.96 bits per heavy atom. The first kappa shape index (κ1) is 17.9. The molecule has 2 atom stereocenters. The van der Waals surface area contributed by atoms with Crippen LogP contribution in [-0.4, -0.2) is 53.3 Å². The normalized spacial score (nSPS) is 22.7. The van der Waals surface area contributed by atoms with Gasteiger partial charge >= 0.3 is 0 Å². The van der Waals surface area contributed by atoms with E-state index in [1.165, 1.54) is 12.1 Å². The number of nitrogens with one attached hydrogen (secondary N) is 1. The molecule has 2 aliphatic rings. The topological polar surface area (TPSA) is 61.5 Å². The second-order valence-corrected chi connectivity index (χ2v) is 7.13. The number of fused-ring (bicyclic) bond motifs is 1. The highest BCUT2D eigenvalue weighted by atomic mass is 19.1. The summed E-state index contributed by atoms with van der Waals surface area (Å²) in [5, 5.41) is 7.19. The maximum atomic E-state index is 14.0. The van der Waals surface area contributed by atoms with Crippen molar-refractivity contribution in [3.8, 4) is 0 Å². The lowest BCUT2D eigenvalue weighted by Gasteiger charge is -2.36. The van der Waals surface area contributed by atoms with Crippen molar-refractivity contribution in [2.24, 2.45) is 0 Å². The largest absolute Gasteiger partial charge is 0.369 e. The molecule has 3 heterocycles. The summed E-state index contributed by atoms with van der Waals surface area (Å²) < 4.78 is 32.9. The molecule has 1 N–H and O–H groups in total. The van der Waals surface area contributed by atoms with Crippen LogP contribution in [0.1, 0.15) is 41.7 Å². The van der Waals surface area contributed by atoms with Gasteiger partial charge in [-0.15, -0.1) is 0 Å². The minimum absolute atomic E-state index is 0.0370. The fraction of sp³-hybridized carbons (Fsp3) is 0.474. The molecule has 27 heavy (non-hydrogen) atoms. The molecular formula is C19H22F2N4O2. The van der Waals surface area contributed by atoms with Gasteiger partial charge in [-0.05, 0) is 26.0 Å². The van der Waals surface area contributed by atoms with Crippen LogP contribution in [0.25, 0.3) is 0 Å². The fourth-order valence-electron chi connectivity index (χ4n) is 3.89. The van der Waals surface area contributed by atoms with Crippen molar-refractivity contribution in [1.29, 1.82) is 0 Å². The Labute approximate surface area is 156 Å². The van der Waals surface area contributed by atoms with Crippen LogP contribution in [0, 0.1) is 11.6 Å². The third-order valence-electron chi connectivity index (χ3n) is 5.25. The second-order valence-electron chi connectivity index (χ2n) is 7.13. The molecule has 0 spiro atoms. The number of hydrogen-bond acceptors (Lipinski definition) is 4. The van der Waals surface area contributed by atoms with Crippen molar-refractivity contribution in [2.45, 2.75) is 32.5 Å². The average molecular weight is 376 g/mol. The third-order valence-corrected chi connectivity index (χ3v) is 5.25. The molecule has 0 radical (unpaired) electrons. The van der Waals surface area contributed by atoms with E-state index in [4.69, 9.17) is 4.74 Å². The van der Waals surface area contributed by atoms with Gasteiger partial charge in [0.15, 0.2) is 5.69 Å². The molecule has 8 heteroatoms. The van der Waals surface area contributed by atoms with Crippen LogP contribution in [0.15, 0.2) is 18.2 Å². The zero-order chi connectivity index (χ0) is 19.1. The van der Waals surface area contributed by atoms with Crippen LogP contribution in [-0.2, 0) is 11.2 Å². The number of carbonyl (C=O) groups excluding carboxylic acids is 1. The van der Waals surface area contributed by atoms with Gasteiger partial charge in [-0.3, -0.25) is 9.89 Å². The predicted molar refractivity (Wildman–Crippen MR) is 95.7 cm³/mol. The molecule has 0 unspecified atom stereocenters. The summed E-state index contributed by atoms with van der Waals surface area (Å²) in [6.45, 7) is 5.80. The Morgan fingerprint density at radius 3 is 2.67 bits per heavy atom. The van der Waals surface area contributed by atoms with Crippen molar-refractivity contribution in [1.82, 2.24) is 15.1 Å². The number of hydrogen-bond donors (Lipinski definition) is 1. The van der Waals surface area contributed by atoms with Crippen molar-refractivity contribution in [3.05, 3.63) is 46.8 Å². The highest BCUT2D eigenvalue weighted by Crippen LogP contribution is 2.31. The first-order valence-electron chi connectivity index (χ1n) is 9.16. The van der Waals surface area contributed by atoms with E-state index in [1.807, 2.05) is 18.7 Å². The smallest absolute Gasteiger partial charge is 0.274 e. The SMILES string of the molecule is C[C@@H]1Cc2c(C(=O)N3CCN(c4ccc(F)cc4F)CC3)n[nH]c2[C@H](C)O1. The van der Waals surface area contributed by atoms with Crippen LogP contribution in [0.2, 0.25) is 0 Å². The van der Waals surface area contributed by atoms with E-state index in [9.17, 15) is 13.6 Å². The fourth-order valence-corrected chi connectivity index (χ4v) is 3.89. The maximum Gasteiger partial charge on any atom is 0.274 e. The quantitative estimate of drug-likeness (QED) is 0.876. The van der Waals surface area contributed by atoms with E-state index in [0.29, 0.717) is 44.0 Å². The number of piperazine rings is 1. The van der Waals surface area contributed by atoms with Crippen LogP contribution >= 0.6 is 0 Å². The Bertz CT molecular complexity index is 861. The lowest BCUT2D eigenvalue weighted by atomic mass is 9.99. The van der Waals surface area contributed by atoms with Gasteiger partial charge in [0.2, 0.25) is 0 Å². The average Bonchev–Trinajstić information content (AvgIpc) is 3.05. The third kappa shape index (κ3) is 3.29. The number of aromatic nitrogens is 2. The first-order valence-corrected chi connectivity index (χ1v) is 9.16. The molecule has 0 bridgehead atoms. The number of rotatable bonds is 2. The summed E-state index contributed by atoms with van der Waals surface area (Å²) in [7, 11) is 0. The Balaban J connectivity index is 1.47. The number of nitrogens with zero attached hydrogens (tertiary/aromatic N) is 3. The first-order chi connectivity index (χ1) is 12.9. The van der Waals surface area contributed by atoms with Crippen molar-refractivity contribution in [3.63, 3.8) is 0 Å². The van der Waals surface area contributed by atoms with Crippen molar-refractivity contribution in [2.75, 3.05) is 31.1 Å². The van der Waals surface area contributed by atoms with Gasteiger partial charge in [-0.25, -0.2) is 8.78 Å². The van der Waals surface area contributed by atoms with Gasteiger partial charge in [0.25, 0.3) is 5.91 Å². The molecule has 1 amide bonds. The molecular weight excluding hydrogens is 354 g/mol. The molecule has 1 fully saturated rings. The van der Waals surface area contributed by atoms with Gasteiger partial charge in [0.1, 0.15) is 11.6 Å². The summed E-state index contributed by atoms with van der Waals surface area (Å²) in [5.74, 6) is -1.30. The molecule has 1 aromatic carbocycles. The summed E-state index contributed by atoms with van der Waals surface area (Å²) in [5.41, 5.74) is 2.61. The molecule has 1 saturated heterocycles. The van der Waals surface area contributed by atoms with E-state index >= 15 is 0 Å². The monoisotopic (exact) mass is 376 g/mol. The van der Waals surface area contributed by atoms with E-state index in [-0.39, 0.29) is 18.1 Å². The standard InChI is InChI=1S/C19H22F2N4O2/c1-11-9-14-17(12(2)27-11)22-23-18(14)19(26)25-7-5-24(6-8-25)16-4-3-13(20)10-15(16)21/h3-4,10-12H,5-9H2,1-2H3,(H,22,23)/t11-,12+/m1/s1. The van der Waals surface area contributed by atoms with Crippen molar-refractivity contribution < 1.29 is 18.3 Å². The van der Waals surface area contributed by atoms with Crippen LogP contribution in [0.3, 0.4) is 0 Å². The molecule has 0 aliphatic carbocycles. The van der Waals surface area contributed by atoms with Gasteiger partial charge in [0.05, 0.1) is 23.6 Å². The van der Waals surface area contributed by atoms with Crippen LogP contribution in [0.4, 0.5) is 14.5 Å². The number of benzene rings is 1. The number of aromatic amines is 1. The van der Waals surface area contributed by atoms with Crippen molar-refractivity contribution >= 4 is 11.6 Å². The Kier molecular flexibility index (Phi) is 4.59. The van der Waals surface area contributed by atoms with Gasteiger partial charge < -0.3 is 14.5 Å². The minimum atomic E-state index is -0.596. The molecule has 1 aromatic heterocycles. The lowest BCUT2D eigenvalue weighted by Crippen LogP contribution is -2.49. The number of halogens is 2. The molecule has 2 aromatic rings. The zero-order valence-corrected chi connectivity index (χ0v) is 15.3. The maximum absolute atomic E-state index is 14.0. The molecule has 4 rings (SSSR count). The summed E-state index contributed by atoms with van der Waals surface area (Å²) in [4.78, 5) is 16.5. The highest BCUT2D eigenvalue weighted by molar-refractivity contribution is 5.94. The number of ether oxygens (including phenoxy) is 1. The Morgan fingerprint density at radius 1 is 1.22 bits per heavy atom. The summed E-state index contributed by atoms with van der Waals surface area (Å²) in [6.07, 6.45) is 0.573. The number of amides is 1. The Hall–Kier alpha value is -2.48. The second kappa shape index (κ2) is 6.92. The number of carbonyl (C=O) groups is 1. The predicted octanol–water partition coefficient (Wildman–Crippen LogP) is 2.67. The highest BCUT2D eigenvalue weighted by Gasteiger charge is 2.32. The summed E-state index contributed by atoms with van der Waals surface area (Å²) >= 11 is 0. The van der Waals surface area contributed by atoms with Gasteiger partial charge in [0, 0.05) is 44.2 Å². The lowest BCUT2D eigenvalue weighted by molar-refractivity contribution is -0.00702. The minimum Gasteiger partial charge on any atom is -0.369 e. The van der Waals surface area contributed by atoms with E-state index in [2.05, 4.69) is 10.2 Å².